The zero-order valence-corrected chi connectivity index (χ0v) is 4.30. The second-order valence-corrected chi connectivity index (χ2v) is 2.57. The number of fused-ring (bicyclic) bond motifs is 1. The van der Waals surface area contributed by atoms with Crippen LogP contribution in [0.1, 0.15) is 19.3 Å². The Balaban J connectivity index is 2.14. The molecule has 2 saturated heterocycles. The highest BCUT2D eigenvalue weighted by atomic mass is 15.5. The zero-order chi connectivity index (χ0) is 4.85. The molecule has 7 heavy (non-hydrogen) atoms. The van der Waals surface area contributed by atoms with Crippen molar-refractivity contribution in [3.05, 3.63) is 0 Å². The Bertz CT molecular complexity index is 78.1. The number of hydrogen-bond donors (Lipinski definition) is 1. The van der Waals surface area contributed by atoms with Crippen molar-refractivity contribution in [2.24, 2.45) is 5.84 Å². The quantitative estimate of drug-likeness (QED) is 0.435. The molecule has 2 bridgehead atoms. The molecule has 0 radical (unpaired) electrons. The van der Waals surface area contributed by atoms with Crippen LogP contribution in [0.2, 0.25) is 0 Å². The van der Waals surface area contributed by atoms with Gasteiger partial charge in [-0.15, -0.1) is 0 Å². The molecule has 40 valence electrons. The predicted octanol–water partition coefficient (Wildman–Crippen LogP) is 0.0968. The fourth-order valence-electron chi connectivity index (χ4n) is 1.64. The molecule has 3 aliphatic rings. The van der Waals surface area contributed by atoms with Crippen molar-refractivity contribution in [1.82, 2.24) is 5.01 Å². The molecule has 3 rings (SSSR count). The molecular weight excluding hydrogens is 88.1 g/mol. The highest BCUT2D eigenvalue weighted by Gasteiger charge is 2.42. The van der Waals surface area contributed by atoms with E-state index in [2.05, 4.69) is 0 Å². The van der Waals surface area contributed by atoms with Crippen LogP contribution >= 0.6 is 0 Å². The molecule has 1 saturated carbocycles. The Labute approximate surface area is 43.3 Å². The Morgan fingerprint density at radius 3 is 2.00 bits per heavy atom. The minimum absolute atomic E-state index is 0.769. The Hall–Kier alpha value is -0.0800. The topological polar surface area (TPSA) is 29.3 Å². The van der Waals surface area contributed by atoms with Crippen molar-refractivity contribution >= 4 is 0 Å². The van der Waals surface area contributed by atoms with Gasteiger partial charge in [-0.3, -0.25) is 5.84 Å². The molecule has 2 aliphatic heterocycles. The lowest BCUT2D eigenvalue weighted by atomic mass is 10.1. The van der Waals surface area contributed by atoms with Crippen molar-refractivity contribution in [2.45, 2.75) is 31.3 Å². The third kappa shape index (κ3) is 0.318. The van der Waals surface area contributed by atoms with Crippen LogP contribution in [-0.4, -0.2) is 17.1 Å². The lowest BCUT2D eigenvalue weighted by Crippen LogP contribution is -2.52. The highest BCUT2D eigenvalue weighted by molar-refractivity contribution is 4.96. The van der Waals surface area contributed by atoms with Crippen molar-refractivity contribution in [3.63, 3.8) is 0 Å². The van der Waals surface area contributed by atoms with Gasteiger partial charge in [0.1, 0.15) is 0 Å². The van der Waals surface area contributed by atoms with E-state index < -0.39 is 0 Å². The van der Waals surface area contributed by atoms with Crippen LogP contribution in [-0.2, 0) is 0 Å². The lowest BCUT2D eigenvalue weighted by molar-refractivity contribution is 0.0798. The molecule has 0 spiro atoms. The second kappa shape index (κ2) is 1.01. The van der Waals surface area contributed by atoms with E-state index in [1.165, 1.54) is 19.3 Å². The first-order chi connectivity index (χ1) is 3.38. The minimum Gasteiger partial charge on any atom is -0.268 e. The summed E-state index contributed by atoms with van der Waals surface area (Å²) < 4.78 is 0. The Kier molecular flexibility index (Phi) is 0.557. The van der Waals surface area contributed by atoms with Crippen molar-refractivity contribution in [3.8, 4) is 0 Å². The summed E-state index contributed by atoms with van der Waals surface area (Å²) in [6.07, 6.45) is 4.07. The average molecular weight is 98.1 g/mol. The van der Waals surface area contributed by atoms with E-state index >= 15 is 0 Å². The van der Waals surface area contributed by atoms with Gasteiger partial charge in [-0.25, -0.2) is 5.01 Å². The van der Waals surface area contributed by atoms with Gasteiger partial charge >= 0.3 is 0 Å². The van der Waals surface area contributed by atoms with E-state index in [1.54, 1.807) is 0 Å². The first kappa shape index (κ1) is 3.87. The van der Waals surface area contributed by atoms with Crippen molar-refractivity contribution in [2.75, 3.05) is 0 Å². The van der Waals surface area contributed by atoms with Gasteiger partial charge in [0.05, 0.1) is 0 Å². The second-order valence-electron chi connectivity index (χ2n) is 2.57. The van der Waals surface area contributed by atoms with Gasteiger partial charge in [0.25, 0.3) is 0 Å². The van der Waals surface area contributed by atoms with Crippen molar-refractivity contribution in [1.29, 1.82) is 0 Å². The number of nitrogens with two attached hydrogens (primary N) is 1. The standard InChI is InChI=1S/C5H10N2/c6-7-4-1-2-5(7)3-4/h4-5H,1-3,6H2. The maximum absolute atomic E-state index is 5.56. The smallest absolute Gasteiger partial charge is 0.0260 e. The fourth-order valence-corrected chi connectivity index (χ4v) is 1.64. The van der Waals surface area contributed by atoms with Crippen LogP contribution in [0, 0.1) is 0 Å². The van der Waals surface area contributed by atoms with Gasteiger partial charge in [0.15, 0.2) is 0 Å². The summed E-state index contributed by atoms with van der Waals surface area (Å²) >= 11 is 0. The highest BCUT2D eigenvalue weighted by Crippen LogP contribution is 2.36. The molecule has 2 nitrogen and oxygen atoms in total. The van der Waals surface area contributed by atoms with Gasteiger partial charge in [-0.05, 0) is 19.3 Å². The number of nitrogens with zero attached hydrogens (tertiary/aromatic N) is 1. The normalized spacial score (nSPS) is 49.3. The van der Waals surface area contributed by atoms with Gasteiger partial charge < -0.3 is 0 Å². The van der Waals surface area contributed by atoms with E-state index in [9.17, 15) is 0 Å². The first-order valence-electron chi connectivity index (χ1n) is 2.91. The molecule has 2 unspecified atom stereocenters. The molecule has 3 fully saturated rings. The predicted molar refractivity (Wildman–Crippen MR) is 27.5 cm³/mol. The molecule has 2 heteroatoms. The Morgan fingerprint density at radius 2 is 1.86 bits per heavy atom. The van der Waals surface area contributed by atoms with Crippen LogP contribution in [0.5, 0.6) is 0 Å². The number of rotatable bonds is 0. The monoisotopic (exact) mass is 98.1 g/mol. The summed E-state index contributed by atoms with van der Waals surface area (Å²) in [4.78, 5) is 0. The molecule has 2 atom stereocenters. The largest absolute Gasteiger partial charge is 0.268 e. The van der Waals surface area contributed by atoms with Crippen LogP contribution < -0.4 is 5.84 Å². The number of hydrazine groups is 1. The van der Waals surface area contributed by atoms with E-state index in [0.717, 1.165) is 12.1 Å². The summed E-state index contributed by atoms with van der Waals surface area (Å²) in [5.74, 6) is 5.56. The first-order valence-corrected chi connectivity index (χ1v) is 2.91. The molecule has 0 amide bonds. The van der Waals surface area contributed by atoms with E-state index in [1.807, 2.05) is 5.01 Å². The maximum atomic E-state index is 5.56. The third-order valence-corrected chi connectivity index (χ3v) is 2.22. The zero-order valence-electron chi connectivity index (χ0n) is 4.30. The number of hydrogen-bond acceptors (Lipinski definition) is 2. The van der Waals surface area contributed by atoms with Gasteiger partial charge in [-0.2, -0.15) is 0 Å². The summed E-state index contributed by atoms with van der Waals surface area (Å²) in [5, 5.41) is 2.00. The molecule has 2 N–H and O–H groups in total. The molecule has 0 aromatic carbocycles. The van der Waals surface area contributed by atoms with E-state index in [4.69, 9.17) is 5.84 Å². The summed E-state index contributed by atoms with van der Waals surface area (Å²) in [5.41, 5.74) is 0. The van der Waals surface area contributed by atoms with Crippen LogP contribution in [0.4, 0.5) is 0 Å². The Morgan fingerprint density at radius 1 is 1.29 bits per heavy atom. The summed E-state index contributed by atoms with van der Waals surface area (Å²) in [6.45, 7) is 0. The van der Waals surface area contributed by atoms with Crippen LogP contribution in [0.3, 0.4) is 0 Å². The minimum atomic E-state index is 0.769. The van der Waals surface area contributed by atoms with Crippen molar-refractivity contribution < 1.29 is 0 Å². The van der Waals surface area contributed by atoms with Crippen LogP contribution in [0.15, 0.2) is 0 Å². The molecule has 0 aromatic heterocycles. The maximum Gasteiger partial charge on any atom is 0.0260 e. The third-order valence-electron chi connectivity index (χ3n) is 2.22. The summed E-state index contributed by atoms with van der Waals surface area (Å²) in [7, 11) is 0. The van der Waals surface area contributed by atoms with Crippen LogP contribution in [0.25, 0.3) is 0 Å². The fraction of sp³-hybridized carbons (Fsp3) is 1.00. The molecule has 1 aliphatic carbocycles. The molecule has 0 aromatic rings. The molecular formula is C5H10N2. The van der Waals surface area contributed by atoms with E-state index in [0.29, 0.717) is 0 Å². The van der Waals surface area contributed by atoms with E-state index in [-0.39, 0.29) is 0 Å². The summed E-state index contributed by atoms with van der Waals surface area (Å²) in [6, 6.07) is 1.54. The van der Waals surface area contributed by atoms with Gasteiger partial charge in [-0.1, -0.05) is 0 Å². The average Bonchev–Trinajstić information content (AvgIpc) is 2.18. The SMILES string of the molecule is NN1C2CCC1C2. The lowest BCUT2D eigenvalue weighted by Gasteiger charge is -2.35. The molecule has 2 heterocycles. The van der Waals surface area contributed by atoms with Gasteiger partial charge in [0, 0.05) is 12.1 Å². The van der Waals surface area contributed by atoms with Gasteiger partial charge in [0.2, 0.25) is 0 Å².